The minimum Gasteiger partial charge on any atom is -0.298 e. The van der Waals surface area contributed by atoms with Crippen molar-refractivity contribution in [3.63, 3.8) is 0 Å². The van der Waals surface area contributed by atoms with E-state index in [1.54, 1.807) is 24.3 Å². The van der Waals surface area contributed by atoms with Gasteiger partial charge in [-0.1, -0.05) is 57.2 Å². The van der Waals surface area contributed by atoms with E-state index in [-0.39, 0.29) is 17.5 Å². The molecule has 4 aromatic rings. The van der Waals surface area contributed by atoms with Gasteiger partial charge in [0.25, 0.3) is 5.56 Å². The van der Waals surface area contributed by atoms with Gasteiger partial charge in [-0.05, 0) is 34.2 Å². The first-order valence-corrected chi connectivity index (χ1v) is 10.5. The Balaban J connectivity index is 1.83. The third kappa shape index (κ3) is 3.60. The number of H-pyrrole nitrogens is 1. The molecule has 30 heavy (non-hydrogen) atoms. The topological polar surface area (TPSA) is 78.7 Å². The van der Waals surface area contributed by atoms with Gasteiger partial charge in [0.15, 0.2) is 0 Å². The van der Waals surface area contributed by atoms with Crippen molar-refractivity contribution < 1.29 is 0 Å². The molecular weight excluding hydrogens is 394 g/mol. The van der Waals surface area contributed by atoms with Crippen molar-refractivity contribution in [3.05, 3.63) is 91.4 Å². The van der Waals surface area contributed by atoms with E-state index in [0.29, 0.717) is 15.8 Å². The van der Waals surface area contributed by atoms with E-state index >= 15 is 0 Å². The highest BCUT2D eigenvalue weighted by Crippen LogP contribution is 2.32. The summed E-state index contributed by atoms with van der Waals surface area (Å²) < 4.78 is 1.19. The fourth-order valence-corrected chi connectivity index (χ4v) is 4.43. The highest BCUT2D eigenvalue weighted by molar-refractivity contribution is 7.17. The van der Waals surface area contributed by atoms with Crippen LogP contribution in [0.5, 0.6) is 0 Å². The van der Waals surface area contributed by atoms with E-state index in [9.17, 15) is 9.59 Å². The highest BCUT2D eigenvalue weighted by Gasteiger charge is 2.17. The molecule has 0 unspecified atom stereocenters. The number of aromatic nitrogens is 2. The van der Waals surface area contributed by atoms with Crippen molar-refractivity contribution in [1.82, 2.24) is 9.55 Å². The second kappa shape index (κ2) is 7.43. The third-order valence-corrected chi connectivity index (χ3v) is 6.07. The highest BCUT2D eigenvalue weighted by atomic mass is 32.1. The van der Waals surface area contributed by atoms with E-state index in [4.69, 9.17) is 5.26 Å². The number of fused-ring (bicyclic) bond motifs is 1. The Bertz CT molecular complexity index is 1390. The molecule has 0 saturated heterocycles. The molecule has 0 atom stereocenters. The Morgan fingerprint density at radius 2 is 1.83 bits per heavy atom. The number of thiophene rings is 1. The summed E-state index contributed by atoms with van der Waals surface area (Å²) in [5.74, 6) is 0. The fourth-order valence-electron chi connectivity index (χ4n) is 3.48. The van der Waals surface area contributed by atoms with Crippen molar-refractivity contribution in [2.75, 3.05) is 0 Å². The van der Waals surface area contributed by atoms with Crippen LogP contribution in [0.4, 0.5) is 0 Å². The van der Waals surface area contributed by atoms with Crippen molar-refractivity contribution in [3.8, 4) is 17.2 Å². The Kier molecular flexibility index (Phi) is 4.92. The maximum absolute atomic E-state index is 13.3. The third-order valence-electron chi connectivity index (χ3n) is 5.17. The van der Waals surface area contributed by atoms with Crippen LogP contribution in [0.1, 0.15) is 37.5 Å². The summed E-state index contributed by atoms with van der Waals surface area (Å²) in [6.07, 6.45) is 0. The minimum atomic E-state index is -0.452. The quantitative estimate of drug-likeness (QED) is 0.530. The summed E-state index contributed by atoms with van der Waals surface area (Å²) >= 11 is 1.36. The predicted molar refractivity (Wildman–Crippen MR) is 121 cm³/mol. The van der Waals surface area contributed by atoms with Crippen LogP contribution >= 0.6 is 11.3 Å². The van der Waals surface area contributed by atoms with Crippen LogP contribution in [0.2, 0.25) is 0 Å². The van der Waals surface area contributed by atoms with Gasteiger partial charge in [0, 0.05) is 10.9 Å². The lowest BCUT2D eigenvalue weighted by Gasteiger charge is -2.19. The number of nitrogens with one attached hydrogen (secondary N) is 1. The summed E-state index contributed by atoms with van der Waals surface area (Å²) in [4.78, 5) is 29.2. The zero-order valence-electron chi connectivity index (χ0n) is 17.0. The lowest BCUT2D eigenvalue weighted by molar-refractivity contribution is 0.590. The van der Waals surface area contributed by atoms with Gasteiger partial charge in [0.1, 0.15) is 4.83 Å². The summed E-state index contributed by atoms with van der Waals surface area (Å²) in [6.45, 7) is 6.59. The molecule has 0 aliphatic rings. The van der Waals surface area contributed by atoms with E-state index in [1.165, 1.54) is 21.5 Å². The zero-order chi connectivity index (χ0) is 21.5. The van der Waals surface area contributed by atoms with Gasteiger partial charge >= 0.3 is 5.69 Å². The second-order valence-corrected chi connectivity index (χ2v) is 9.19. The Morgan fingerprint density at radius 1 is 1.10 bits per heavy atom. The standard InChI is InChI=1S/C24H21N3O2S/c1-24(2,3)18-9-7-17(8-10-18)19-14-30-21-20(19)22(28)27(23(29)26-21)13-16-6-4-5-15(11-16)12-25/h4-11,14H,13H2,1-3H3,(H,26,29). The maximum atomic E-state index is 13.3. The number of hydrogen-bond acceptors (Lipinski definition) is 4. The van der Waals surface area contributed by atoms with Crippen LogP contribution in [-0.4, -0.2) is 9.55 Å². The molecule has 2 aromatic heterocycles. The molecule has 0 fully saturated rings. The summed E-state index contributed by atoms with van der Waals surface area (Å²) in [5, 5.41) is 11.5. The molecular formula is C24H21N3O2S. The summed E-state index contributed by atoms with van der Waals surface area (Å²) in [5.41, 5.74) is 3.46. The molecule has 2 heterocycles. The molecule has 0 spiro atoms. The first-order valence-electron chi connectivity index (χ1n) is 9.62. The molecule has 6 heteroatoms. The molecule has 2 aromatic carbocycles. The van der Waals surface area contributed by atoms with Gasteiger partial charge in [0.2, 0.25) is 0 Å². The van der Waals surface area contributed by atoms with Crippen molar-refractivity contribution in [2.24, 2.45) is 0 Å². The first-order chi connectivity index (χ1) is 14.3. The van der Waals surface area contributed by atoms with Crippen molar-refractivity contribution >= 4 is 21.6 Å². The van der Waals surface area contributed by atoms with Gasteiger partial charge < -0.3 is 0 Å². The predicted octanol–water partition coefficient (Wildman–Crippen LogP) is 4.64. The number of benzene rings is 2. The lowest BCUT2D eigenvalue weighted by atomic mass is 9.86. The summed E-state index contributed by atoms with van der Waals surface area (Å²) in [7, 11) is 0. The molecule has 0 aliphatic heterocycles. The lowest BCUT2D eigenvalue weighted by Crippen LogP contribution is -2.35. The van der Waals surface area contributed by atoms with Crippen LogP contribution in [0.15, 0.2) is 63.5 Å². The molecule has 150 valence electrons. The minimum absolute atomic E-state index is 0.0468. The van der Waals surface area contributed by atoms with Gasteiger partial charge in [0.05, 0.1) is 23.6 Å². The number of hydrogen-bond donors (Lipinski definition) is 1. The number of aromatic amines is 1. The molecule has 1 N–H and O–H groups in total. The van der Waals surface area contributed by atoms with Crippen LogP contribution in [0.25, 0.3) is 21.3 Å². The SMILES string of the molecule is CC(C)(C)c1ccc(-c2csc3[nH]c(=O)n(Cc4cccc(C#N)c4)c(=O)c23)cc1. The van der Waals surface area contributed by atoms with Gasteiger partial charge in [-0.2, -0.15) is 5.26 Å². The Hall–Kier alpha value is -3.43. The molecule has 0 bridgehead atoms. The number of nitrogens with zero attached hydrogens (tertiary/aromatic N) is 2. The average molecular weight is 416 g/mol. The average Bonchev–Trinajstić information content (AvgIpc) is 3.14. The number of nitriles is 1. The van der Waals surface area contributed by atoms with E-state index in [2.05, 4.69) is 44.0 Å². The fraction of sp³-hybridized carbons (Fsp3) is 0.208. The van der Waals surface area contributed by atoms with Crippen LogP contribution in [0, 0.1) is 11.3 Å². The van der Waals surface area contributed by atoms with E-state index in [0.717, 1.165) is 16.7 Å². The van der Waals surface area contributed by atoms with Crippen LogP contribution < -0.4 is 11.2 Å². The Morgan fingerprint density at radius 3 is 2.50 bits per heavy atom. The first kappa shape index (κ1) is 19.9. The number of rotatable bonds is 3. The molecule has 5 nitrogen and oxygen atoms in total. The van der Waals surface area contributed by atoms with Gasteiger partial charge in [-0.15, -0.1) is 11.3 Å². The van der Waals surface area contributed by atoms with Crippen LogP contribution in [-0.2, 0) is 12.0 Å². The van der Waals surface area contributed by atoms with E-state index in [1.807, 2.05) is 17.5 Å². The maximum Gasteiger partial charge on any atom is 0.329 e. The molecule has 4 rings (SSSR count). The summed E-state index contributed by atoms with van der Waals surface area (Å²) in [6, 6.07) is 17.2. The molecule has 0 aliphatic carbocycles. The van der Waals surface area contributed by atoms with Crippen LogP contribution in [0.3, 0.4) is 0 Å². The Labute approximate surface area is 177 Å². The monoisotopic (exact) mass is 415 g/mol. The van der Waals surface area contributed by atoms with Crippen molar-refractivity contribution in [2.45, 2.75) is 32.7 Å². The second-order valence-electron chi connectivity index (χ2n) is 8.31. The van der Waals surface area contributed by atoms with Gasteiger partial charge in [-0.25, -0.2) is 4.79 Å². The molecule has 0 amide bonds. The van der Waals surface area contributed by atoms with Gasteiger partial charge in [-0.3, -0.25) is 14.3 Å². The smallest absolute Gasteiger partial charge is 0.298 e. The normalized spacial score (nSPS) is 11.5. The zero-order valence-corrected chi connectivity index (χ0v) is 17.8. The van der Waals surface area contributed by atoms with Crippen molar-refractivity contribution in [1.29, 1.82) is 5.26 Å². The van der Waals surface area contributed by atoms with E-state index < -0.39 is 5.69 Å². The molecule has 0 saturated carbocycles. The molecule has 0 radical (unpaired) electrons. The largest absolute Gasteiger partial charge is 0.329 e.